The van der Waals surface area contributed by atoms with E-state index in [1.54, 1.807) is 0 Å². The number of nitrogens with two attached hydrogens (primary N) is 1. The third kappa shape index (κ3) is 2.80. The molecule has 3 aliphatic rings. The fraction of sp³-hybridized carbons (Fsp3) is 0.706. The maximum Gasteiger partial charge on any atom is 0.292 e. The molecule has 2 heterocycles. The second-order valence-corrected chi connectivity index (χ2v) is 7.25. The first-order valence-electron chi connectivity index (χ1n) is 8.73. The van der Waals surface area contributed by atoms with Gasteiger partial charge >= 0.3 is 0 Å². The lowest BCUT2D eigenvalue weighted by Crippen LogP contribution is -2.37. The van der Waals surface area contributed by atoms with Crippen molar-refractivity contribution in [1.82, 2.24) is 14.9 Å². The molecule has 6 heteroatoms. The molecule has 1 aromatic rings. The summed E-state index contributed by atoms with van der Waals surface area (Å²) < 4.78 is 0. The Labute approximate surface area is 137 Å². The van der Waals surface area contributed by atoms with Gasteiger partial charge in [0.15, 0.2) is 0 Å². The van der Waals surface area contributed by atoms with Crippen molar-refractivity contribution in [3.8, 4) is 0 Å². The van der Waals surface area contributed by atoms with E-state index in [1.807, 2.05) is 18.7 Å². The quantitative estimate of drug-likeness (QED) is 0.909. The topological polar surface area (TPSA) is 75.4 Å². The van der Waals surface area contributed by atoms with Crippen molar-refractivity contribution in [2.75, 3.05) is 18.0 Å². The highest BCUT2D eigenvalue weighted by Crippen LogP contribution is 2.38. The molecule has 6 nitrogen and oxygen atoms in total. The Kier molecular flexibility index (Phi) is 3.52. The zero-order valence-electron chi connectivity index (χ0n) is 14.0. The normalized spacial score (nSPS) is 24.1. The Morgan fingerprint density at radius 2 is 1.78 bits per heavy atom. The molecule has 0 aromatic carbocycles. The molecule has 1 saturated heterocycles. The molecule has 1 amide bonds. The van der Waals surface area contributed by atoms with Gasteiger partial charge in [0.1, 0.15) is 5.82 Å². The lowest BCUT2D eigenvalue weighted by Gasteiger charge is -2.24. The minimum absolute atomic E-state index is 0.0165. The molecule has 2 aliphatic carbocycles. The summed E-state index contributed by atoms with van der Waals surface area (Å²) in [6, 6.07) is 1.03. The van der Waals surface area contributed by atoms with Gasteiger partial charge in [0.05, 0.1) is 0 Å². The van der Waals surface area contributed by atoms with Gasteiger partial charge in [-0.05, 0) is 46.0 Å². The number of carbonyl (C=O) groups excluding carboxylic acids is 1. The first-order chi connectivity index (χ1) is 11.0. The number of aryl methyl sites for hydroxylation is 1. The average Bonchev–Trinajstić information content (AvgIpc) is 3.44. The van der Waals surface area contributed by atoms with Crippen molar-refractivity contribution < 1.29 is 4.79 Å². The summed E-state index contributed by atoms with van der Waals surface area (Å²) in [4.78, 5) is 26.4. The fourth-order valence-electron chi connectivity index (χ4n) is 3.45. The van der Waals surface area contributed by atoms with E-state index >= 15 is 0 Å². The van der Waals surface area contributed by atoms with Gasteiger partial charge in [-0.2, -0.15) is 0 Å². The van der Waals surface area contributed by atoms with E-state index in [2.05, 4.69) is 14.9 Å². The number of anilines is 1. The van der Waals surface area contributed by atoms with E-state index < -0.39 is 0 Å². The molecular formula is C17H25N5O. The number of carbonyl (C=O) groups is 1. The molecule has 2 N–H and O–H groups in total. The van der Waals surface area contributed by atoms with E-state index in [0.717, 1.165) is 62.3 Å². The summed E-state index contributed by atoms with van der Waals surface area (Å²) in [5.74, 6) is 1.27. The molecule has 0 radical (unpaired) electrons. The number of rotatable bonds is 4. The smallest absolute Gasteiger partial charge is 0.292 e. The Morgan fingerprint density at radius 1 is 1.13 bits per heavy atom. The van der Waals surface area contributed by atoms with Gasteiger partial charge in [0.25, 0.3) is 5.91 Å². The summed E-state index contributed by atoms with van der Waals surface area (Å²) in [5, 5.41) is 0. The van der Waals surface area contributed by atoms with Crippen molar-refractivity contribution in [2.45, 2.75) is 64.1 Å². The molecule has 124 valence electrons. The maximum atomic E-state index is 13.0. The van der Waals surface area contributed by atoms with Gasteiger partial charge in [-0.15, -0.1) is 0 Å². The van der Waals surface area contributed by atoms with Crippen LogP contribution in [-0.2, 0) is 0 Å². The number of nitrogens with zero attached hydrogens (tertiary/aromatic N) is 4. The van der Waals surface area contributed by atoms with Crippen LogP contribution in [0.3, 0.4) is 0 Å². The van der Waals surface area contributed by atoms with Gasteiger partial charge in [-0.25, -0.2) is 9.97 Å². The van der Waals surface area contributed by atoms with Crippen LogP contribution < -0.4 is 10.6 Å². The predicted octanol–water partition coefficient (Wildman–Crippen LogP) is 1.40. The van der Waals surface area contributed by atoms with Crippen LogP contribution in [0.2, 0.25) is 0 Å². The van der Waals surface area contributed by atoms with Gasteiger partial charge < -0.3 is 15.5 Å². The number of amides is 1. The van der Waals surface area contributed by atoms with E-state index in [4.69, 9.17) is 5.73 Å². The monoisotopic (exact) mass is 315 g/mol. The van der Waals surface area contributed by atoms with Crippen molar-refractivity contribution in [3.05, 3.63) is 17.1 Å². The molecule has 1 aromatic heterocycles. The highest BCUT2D eigenvalue weighted by atomic mass is 16.2. The Hall–Kier alpha value is -1.69. The highest BCUT2D eigenvalue weighted by molar-refractivity contribution is 5.92. The summed E-state index contributed by atoms with van der Waals surface area (Å²) in [6.45, 7) is 5.70. The first kappa shape index (κ1) is 14.9. The molecule has 4 rings (SSSR count). The van der Waals surface area contributed by atoms with Gasteiger partial charge in [-0.3, -0.25) is 4.79 Å². The minimum atomic E-state index is 0.0165. The van der Waals surface area contributed by atoms with Crippen molar-refractivity contribution in [2.24, 2.45) is 5.73 Å². The second-order valence-electron chi connectivity index (χ2n) is 7.25. The van der Waals surface area contributed by atoms with Crippen LogP contribution in [0.15, 0.2) is 0 Å². The molecule has 1 atom stereocenters. The number of hydrogen-bond donors (Lipinski definition) is 1. The van der Waals surface area contributed by atoms with Gasteiger partial charge in [0.2, 0.25) is 5.82 Å². The van der Waals surface area contributed by atoms with Crippen LogP contribution in [0.25, 0.3) is 0 Å². The molecule has 2 saturated carbocycles. The molecular weight excluding hydrogens is 290 g/mol. The molecule has 23 heavy (non-hydrogen) atoms. The van der Waals surface area contributed by atoms with Crippen LogP contribution >= 0.6 is 0 Å². The van der Waals surface area contributed by atoms with Crippen LogP contribution in [0.5, 0.6) is 0 Å². The van der Waals surface area contributed by atoms with Crippen LogP contribution in [-0.4, -0.2) is 52.0 Å². The Morgan fingerprint density at radius 3 is 2.30 bits per heavy atom. The third-order valence-corrected chi connectivity index (χ3v) is 5.19. The summed E-state index contributed by atoms with van der Waals surface area (Å²) in [7, 11) is 0. The van der Waals surface area contributed by atoms with Crippen molar-refractivity contribution in [1.29, 1.82) is 0 Å². The average molecular weight is 315 g/mol. The zero-order chi connectivity index (χ0) is 16.1. The molecule has 0 bridgehead atoms. The SMILES string of the molecule is Cc1nc(C(=O)N(C2CC2)C2CC2)nc(N2CC[C@@H](N)C2)c1C. The fourth-order valence-corrected chi connectivity index (χ4v) is 3.45. The van der Waals surface area contributed by atoms with E-state index in [1.165, 1.54) is 0 Å². The van der Waals surface area contributed by atoms with Gasteiger partial charge in [0, 0.05) is 42.5 Å². The lowest BCUT2D eigenvalue weighted by atomic mass is 10.2. The maximum absolute atomic E-state index is 13.0. The third-order valence-electron chi connectivity index (χ3n) is 5.19. The highest BCUT2D eigenvalue weighted by Gasteiger charge is 2.43. The number of hydrogen-bond acceptors (Lipinski definition) is 5. The molecule has 1 aliphatic heterocycles. The summed E-state index contributed by atoms with van der Waals surface area (Å²) in [6.07, 6.45) is 5.48. The minimum Gasteiger partial charge on any atom is -0.355 e. The first-order valence-corrected chi connectivity index (χ1v) is 8.73. The van der Waals surface area contributed by atoms with E-state index in [9.17, 15) is 4.79 Å². The van der Waals surface area contributed by atoms with Crippen LogP contribution in [0.1, 0.15) is 54.0 Å². The van der Waals surface area contributed by atoms with Gasteiger partial charge in [-0.1, -0.05) is 0 Å². The number of aromatic nitrogens is 2. The van der Waals surface area contributed by atoms with E-state index in [-0.39, 0.29) is 11.9 Å². The van der Waals surface area contributed by atoms with Crippen LogP contribution in [0, 0.1) is 13.8 Å². The Bertz CT molecular complexity index is 626. The molecule has 0 unspecified atom stereocenters. The largest absolute Gasteiger partial charge is 0.355 e. The standard InChI is InChI=1S/C17H25N5O/c1-10-11(2)19-15(20-16(10)21-8-7-12(18)9-21)17(23)22(13-3-4-13)14-5-6-14/h12-14H,3-9,18H2,1-2H3/t12-/m1/s1. The summed E-state index contributed by atoms with van der Waals surface area (Å²) in [5.41, 5.74) is 7.98. The van der Waals surface area contributed by atoms with Crippen molar-refractivity contribution >= 4 is 11.7 Å². The van der Waals surface area contributed by atoms with Crippen molar-refractivity contribution in [3.63, 3.8) is 0 Å². The zero-order valence-corrected chi connectivity index (χ0v) is 14.0. The summed E-state index contributed by atoms with van der Waals surface area (Å²) >= 11 is 0. The van der Waals surface area contributed by atoms with Crippen LogP contribution in [0.4, 0.5) is 5.82 Å². The molecule has 0 spiro atoms. The molecule has 3 fully saturated rings. The Balaban J connectivity index is 1.65. The predicted molar refractivity (Wildman–Crippen MR) is 88.5 cm³/mol. The lowest BCUT2D eigenvalue weighted by molar-refractivity contribution is 0.0717. The van der Waals surface area contributed by atoms with E-state index in [0.29, 0.717) is 17.9 Å². The second kappa shape index (κ2) is 5.44.